The quantitative estimate of drug-likeness (QED) is 0.432. The summed E-state index contributed by atoms with van der Waals surface area (Å²) in [4.78, 5) is 2.27. The molecule has 4 heteroatoms. The van der Waals surface area contributed by atoms with Gasteiger partial charge in [0.1, 0.15) is 0 Å². The van der Waals surface area contributed by atoms with Gasteiger partial charge in [-0.05, 0) is 12.8 Å². The average Bonchev–Trinajstić information content (AvgIpc) is 2.64. The lowest BCUT2D eigenvalue weighted by Gasteiger charge is -2.27. The highest BCUT2D eigenvalue weighted by Gasteiger charge is 2.21. The number of nitrogens with one attached hydrogen (secondary N) is 1. The molecule has 14 heavy (non-hydrogen) atoms. The summed E-state index contributed by atoms with van der Waals surface area (Å²) in [5.41, 5.74) is 5.33. The summed E-state index contributed by atoms with van der Waals surface area (Å²) < 4.78 is 0. The molecule has 1 fully saturated rings. The maximum absolute atomic E-state index is 8.94. The standard InChI is InChI=1S/C10H21N3O/c11-10(12)5-6-13(7-8-14)9-3-1-2-4-9/h9,14H,1-8H2,(H3,11,12). The summed E-state index contributed by atoms with van der Waals surface area (Å²) in [5, 5.41) is 16.1. The van der Waals surface area contributed by atoms with Crippen LogP contribution in [0.4, 0.5) is 0 Å². The number of amidine groups is 1. The molecule has 1 saturated carbocycles. The van der Waals surface area contributed by atoms with Crippen LogP contribution in [0.3, 0.4) is 0 Å². The van der Waals surface area contributed by atoms with Crippen LogP contribution in [0.25, 0.3) is 0 Å². The van der Waals surface area contributed by atoms with Crippen molar-refractivity contribution in [3.8, 4) is 0 Å². The molecule has 0 aromatic carbocycles. The third-order valence-corrected chi connectivity index (χ3v) is 2.90. The minimum absolute atomic E-state index is 0.203. The van der Waals surface area contributed by atoms with Gasteiger partial charge in [-0.15, -0.1) is 0 Å². The Morgan fingerprint density at radius 2 is 2.00 bits per heavy atom. The Hall–Kier alpha value is -0.610. The van der Waals surface area contributed by atoms with E-state index in [9.17, 15) is 0 Å². The van der Waals surface area contributed by atoms with Crippen molar-refractivity contribution in [2.45, 2.75) is 38.1 Å². The van der Waals surface area contributed by atoms with Gasteiger partial charge < -0.3 is 10.8 Å². The highest BCUT2D eigenvalue weighted by molar-refractivity contribution is 5.76. The number of rotatable bonds is 6. The van der Waals surface area contributed by atoms with E-state index in [0.29, 0.717) is 12.5 Å². The average molecular weight is 199 g/mol. The highest BCUT2D eigenvalue weighted by atomic mass is 16.3. The molecule has 4 nitrogen and oxygen atoms in total. The fourth-order valence-electron chi connectivity index (χ4n) is 2.14. The van der Waals surface area contributed by atoms with Gasteiger partial charge in [0.2, 0.25) is 0 Å². The summed E-state index contributed by atoms with van der Waals surface area (Å²) in [7, 11) is 0. The molecule has 82 valence electrons. The van der Waals surface area contributed by atoms with Gasteiger partial charge in [-0.2, -0.15) is 0 Å². The third kappa shape index (κ3) is 3.64. The molecule has 0 aliphatic heterocycles. The van der Waals surface area contributed by atoms with E-state index < -0.39 is 0 Å². The zero-order valence-corrected chi connectivity index (χ0v) is 8.71. The molecular weight excluding hydrogens is 178 g/mol. The first kappa shape index (κ1) is 11.5. The second kappa shape index (κ2) is 5.98. The topological polar surface area (TPSA) is 73.3 Å². The summed E-state index contributed by atoms with van der Waals surface area (Å²) in [6.45, 7) is 1.74. The van der Waals surface area contributed by atoms with Gasteiger partial charge >= 0.3 is 0 Å². The van der Waals surface area contributed by atoms with Crippen molar-refractivity contribution in [1.29, 1.82) is 5.41 Å². The van der Waals surface area contributed by atoms with Gasteiger partial charge in [0.15, 0.2) is 0 Å². The molecule has 0 bridgehead atoms. The van der Waals surface area contributed by atoms with Crippen LogP contribution in [0.15, 0.2) is 0 Å². The molecule has 0 heterocycles. The van der Waals surface area contributed by atoms with Crippen LogP contribution in [0.5, 0.6) is 0 Å². The van der Waals surface area contributed by atoms with Crippen LogP contribution in [-0.4, -0.2) is 41.6 Å². The number of nitrogens with zero attached hydrogens (tertiary/aromatic N) is 1. The summed E-state index contributed by atoms with van der Waals surface area (Å²) in [6.07, 6.45) is 5.69. The Morgan fingerprint density at radius 3 is 2.50 bits per heavy atom. The Morgan fingerprint density at radius 1 is 1.36 bits per heavy atom. The Kier molecular flexibility index (Phi) is 4.90. The second-order valence-electron chi connectivity index (χ2n) is 3.97. The fraction of sp³-hybridized carbons (Fsp3) is 0.900. The second-order valence-corrected chi connectivity index (χ2v) is 3.97. The molecule has 0 saturated heterocycles. The van der Waals surface area contributed by atoms with Gasteiger partial charge in [0, 0.05) is 25.6 Å². The highest BCUT2D eigenvalue weighted by Crippen LogP contribution is 2.23. The lowest BCUT2D eigenvalue weighted by molar-refractivity contribution is 0.155. The van der Waals surface area contributed by atoms with Crippen LogP contribution in [0, 0.1) is 5.41 Å². The van der Waals surface area contributed by atoms with Crippen molar-refractivity contribution < 1.29 is 5.11 Å². The van der Waals surface area contributed by atoms with Gasteiger partial charge in [-0.3, -0.25) is 10.3 Å². The molecule has 0 amide bonds. The third-order valence-electron chi connectivity index (χ3n) is 2.90. The van der Waals surface area contributed by atoms with Crippen molar-refractivity contribution in [3.63, 3.8) is 0 Å². The van der Waals surface area contributed by atoms with Crippen molar-refractivity contribution >= 4 is 5.84 Å². The van der Waals surface area contributed by atoms with Crippen molar-refractivity contribution in [3.05, 3.63) is 0 Å². The molecule has 0 aromatic heterocycles. The molecule has 1 rings (SSSR count). The lowest BCUT2D eigenvalue weighted by Crippen LogP contribution is -2.37. The van der Waals surface area contributed by atoms with Crippen LogP contribution in [-0.2, 0) is 0 Å². The molecule has 4 N–H and O–H groups in total. The van der Waals surface area contributed by atoms with Crippen molar-refractivity contribution in [2.24, 2.45) is 5.73 Å². The summed E-state index contributed by atoms with van der Waals surface area (Å²) in [5.74, 6) is 0.242. The van der Waals surface area contributed by atoms with Crippen molar-refractivity contribution in [1.82, 2.24) is 4.90 Å². The van der Waals surface area contributed by atoms with Crippen LogP contribution in [0.2, 0.25) is 0 Å². The van der Waals surface area contributed by atoms with Crippen molar-refractivity contribution in [2.75, 3.05) is 19.7 Å². The predicted molar refractivity (Wildman–Crippen MR) is 57.4 cm³/mol. The molecule has 1 aliphatic rings. The molecule has 0 atom stereocenters. The largest absolute Gasteiger partial charge is 0.395 e. The molecule has 0 aromatic rings. The Labute approximate surface area is 85.6 Å². The van der Waals surface area contributed by atoms with Gasteiger partial charge in [-0.1, -0.05) is 12.8 Å². The molecular formula is C10H21N3O. The van der Waals surface area contributed by atoms with Crippen LogP contribution >= 0.6 is 0 Å². The van der Waals surface area contributed by atoms with E-state index in [2.05, 4.69) is 4.90 Å². The van der Waals surface area contributed by atoms with E-state index in [-0.39, 0.29) is 12.4 Å². The van der Waals surface area contributed by atoms with E-state index in [1.807, 2.05) is 0 Å². The first-order chi connectivity index (χ1) is 6.74. The van der Waals surface area contributed by atoms with Gasteiger partial charge in [-0.25, -0.2) is 0 Å². The maximum atomic E-state index is 8.94. The lowest BCUT2D eigenvalue weighted by atomic mass is 10.2. The molecule has 0 unspecified atom stereocenters. The Balaban J connectivity index is 2.33. The van der Waals surface area contributed by atoms with Crippen LogP contribution < -0.4 is 5.73 Å². The smallest absolute Gasteiger partial charge is 0.0918 e. The normalized spacial score (nSPS) is 17.9. The van der Waals surface area contributed by atoms with E-state index in [1.54, 1.807) is 0 Å². The number of aliphatic hydroxyl groups is 1. The number of hydrogen-bond donors (Lipinski definition) is 3. The maximum Gasteiger partial charge on any atom is 0.0918 e. The van der Waals surface area contributed by atoms with E-state index >= 15 is 0 Å². The number of aliphatic hydroxyl groups excluding tert-OH is 1. The number of nitrogens with two attached hydrogens (primary N) is 1. The zero-order chi connectivity index (χ0) is 10.4. The SMILES string of the molecule is N=C(N)CCN(CCO)C1CCCC1. The predicted octanol–water partition coefficient (Wildman–Crippen LogP) is 0.549. The fourth-order valence-corrected chi connectivity index (χ4v) is 2.14. The van der Waals surface area contributed by atoms with Gasteiger partial charge in [0.25, 0.3) is 0 Å². The minimum Gasteiger partial charge on any atom is -0.395 e. The van der Waals surface area contributed by atoms with Gasteiger partial charge in [0.05, 0.1) is 12.4 Å². The molecule has 1 aliphatic carbocycles. The molecule has 0 spiro atoms. The van der Waals surface area contributed by atoms with E-state index in [4.69, 9.17) is 16.2 Å². The Bertz CT molecular complexity index is 178. The molecule has 0 radical (unpaired) electrons. The number of hydrogen-bond acceptors (Lipinski definition) is 3. The first-order valence-electron chi connectivity index (χ1n) is 5.42. The first-order valence-corrected chi connectivity index (χ1v) is 5.42. The minimum atomic E-state index is 0.203. The van der Waals surface area contributed by atoms with E-state index in [1.165, 1.54) is 25.7 Å². The zero-order valence-electron chi connectivity index (χ0n) is 8.71. The summed E-state index contributed by atoms with van der Waals surface area (Å²) >= 11 is 0. The van der Waals surface area contributed by atoms with Crippen LogP contribution in [0.1, 0.15) is 32.1 Å². The summed E-state index contributed by atoms with van der Waals surface area (Å²) in [6, 6.07) is 0.612. The van der Waals surface area contributed by atoms with E-state index in [0.717, 1.165) is 13.1 Å². The monoisotopic (exact) mass is 199 g/mol.